The van der Waals surface area contributed by atoms with Gasteiger partial charge in [0.2, 0.25) is 5.91 Å². The van der Waals surface area contributed by atoms with E-state index in [1.807, 2.05) is 26.0 Å². The highest BCUT2D eigenvalue weighted by Gasteiger charge is 2.07. The molecule has 0 saturated carbocycles. The van der Waals surface area contributed by atoms with Crippen molar-refractivity contribution in [2.45, 2.75) is 19.9 Å². The van der Waals surface area contributed by atoms with Crippen LogP contribution in [0.2, 0.25) is 0 Å². The smallest absolute Gasteiger partial charge is 0.234 e. The van der Waals surface area contributed by atoms with Crippen LogP contribution in [0.15, 0.2) is 24.5 Å². The van der Waals surface area contributed by atoms with Gasteiger partial charge >= 0.3 is 0 Å². The van der Waals surface area contributed by atoms with Crippen molar-refractivity contribution in [3.05, 3.63) is 30.1 Å². The summed E-state index contributed by atoms with van der Waals surface area (Å²) in [5.41, 5.74) is 1.06. The monoisotopic (exact) mass is 207 g/mol. The number of hydrogen-bond acceptors (Lipinski definition) is 3. The van der Waals surface area contributed by atoms with E-state index in [0.717, 1.165) is 12.1 Å². The second-order valence-electron chi connectivity index (χ2n) is 3.35. The molecule has 0 aliphatic rings. The quantitative estimate of drug-likeness (QED) is 0.753. The predicted molar refractivity (Wildman–Crippen MR) is 59.3 cm³/mol. The third-order valence-electron chi connectivity index (χ3n) is 2.12. The van der Waals surface area contributed by atoms with Gasteiger partial charge in [0.25, 0.3) is 0 Å². The van der Waals surface area contributed by atoms with Gasteiger partial charge in [-0.05, 0) is 31.2 Å². The van der Waals surface area contributed by atoms with E-state index in [-0.39, 0.29) is 11.9 Å². The molecule has 1 aromatic heterocycles. The molecule has 0 unspecified atom stereocenters. The zero-order valence-corrected chi connectivity index (χ0v) is 9.16. The maximum Gasteiger partial charge on any atom is 0.234 e. The molecular formula is C11H17N3O. The molecule has 0 aliphatic carbocycles. The van der Waals surface area contributed by atoms with Crippen LogP contribution < -0.4 is 10.6 Å². The van der Waals surface area contributed by atoms with E-state index in [0.29, 0.717) is 6.54 Å². The van der Waals surface area contributed by atoms with Gasteiger partial charge in [-0.15, -0.1) is 0 Å². The molecule has 1 atom stereocenters. The summed E-state index contributed by atoms with van der Waals surface area (Å²) in [7, 11) is 0. The van der Waals surface area contributed by atoms with Gasteiger partial charge in [0, 0.05) is 12.4 Å². The Labute approximate surface area is 90.1 Å². The Kier molecular flexibility index (Phi) is 4.77. The predicted octanol–water partition coefficient (Wildman–Crippen LogP) is 0.868. The SMILES string of the molecule is CCNCC(=O)N[C@@H](C)c1ccncc1. The molecule has 82 valence electrons. The summed E-state index contributed by atoms with van der Waals surface area (Å²) in [6, 6.07) is 3.83. The highest BCUT2D eigenvalue weighted by atomic mass is 16.1. The molecule has 0 bridgehead atoms. The van der Waals surface area contributed by atoms with Crippen LogP contribution in [0.3, 0.4) is 0 Å². The second-order valence-corrected chi connectivity index (χ2v) is 3.35. The lowest BCUT2D eigenvalue weighted by atomic mass is 10.1. The molecule has 0 radical (unpaired) electrons. The molecule has 2 N–H and O–H groups in total. The number of hydrogen-bond donors (Lipinski definition) is 2. The molecule has 0 aromatic carbocycles. The molecule has 1 rings (SSSR count). The fraction of sp³-hybridized carbons (Fsp3) is 0.455. The fourth-order valence-corrected chi connectivity index (χ4v) is 1.27. The van der Waals surface area contributed by atoms with Crippen molar-refractivity contribution in [2.75, 3.05) is 13.1 Å². The van der Waals surface area contributed by atoms with Crippen molar-refractivity contribution >= 4 is 5.91 Å². The topological polar surface area (TPSA) is 54.0 Å². The fourth-order valence-electron chi connectivity index (χ4n) is 1.27. The molecular weight excluding hydrogens is 190 g/mol. The zero-order chi connectivity index (χ0) is 11.1. The summed E-state index contributed by atoms with van der Waals surface area (Å²) in [6.45, 7) is 5.10. The summed E-state index contributed by atoms with van der Waals surface area (Å²) in [5, 5.41) is 5.88. The molecule has 0 spiro atoms. The zero-order valence-electron chi connectivity index (χ0n) is 9.16. The van der Waals surface area contributed by atoms with Gasteiger partial charge < -0.3 is 10.6 Å². The number of carbonyl (C=O) groups is 1. The van der Waals surface area contributed by atoms with Crippen LogP contribution in [0.5, 0.6) is 0 Å². The van der Waals surface area contributed by atoms with Crippen LogP contribution in [0.4, 0.5) is 0 Å². The minimum atomic E-state index is 0.0150. The van der Waals surface area contributed by atoms with E-state index < -0.39 is 0 Å². The van der Waals surface area contributed by atoms with Crippen molar-refractivity contribution in [1.82, 2.24) is 15.6 Å². The lowest BCUT2D eigenvalue weighted by Gasteiger charge is -2.13. The van der Waals surface area contributed by atoms with Gasteiger partial charge in [-0.25, -0.2) is 0 Å². The largest absolute Gasteiger partial charge is 0.348 e. The maximum absolute atomic E-state index is 11.4. The van der Waals surface area contributed by atoms with Gasteiger partial charge in [0.15, 0.2) is 0 Å². The standard InChI is InChI=1S/C11H17N3O/c1-3-12-8-11(15)14-9(2)10-4-6-13-7-5-10/h4-7,9,12H,3,8H2,1-2H3,(H,14,15)/t9-/m0/s1. The number of nitrogens with one attached hydrogen (secondary N) is 2. The Morgan fingerprint density at radius 2 is 2.13 bits per heavy atom. The lowest BCUT2D eigenvalue weighted by molar-refractivity contribution is -0.120. The number of amides is 1. The van der Waals surface area contributed by atoms with Crippen LogP contribution in [0, 0.1) is 0 Å². The first-order valence-corrected chi connectivity index (χ1v) is 5.14. The van der Waals surface area contributed by atoms with Crippen LogP contribution in [-0.2, 0) is 4.79 Å². The van der Waals surface area contributed by atoms with E-state index in [1.165, 1.54) is 0 Å². The Morgan fingerprint density at radius 1 is 1.47 bits per heavy atom. The summed E-state index contributed by atoms with van der Waals surface area (Å²) in [6.07, 6.45) is 3.45. The highest BCUT2D eigenvalue weighted by Crippen LogP contribution is 2.09. The van der Waals surface area contributed by atoms with E-state index in [2.05, 4.69) is 15.6 Å². The Hall–Kier alpha value is -1.42. The van der Waals surface area contributed by atoms with Crippen LogP contribution in [0.1, 0.15) is 25.5 Å². The van der Waals surface area contributed by atoms with Gasteiger partial charge in [-0.3, -0.25) is 9.78 Å². The van der Waals surface area contributed by atoms with Gasteiger partial charge in [0.05, 0.1) is 12.6 Å². The summed E-state index contributed by atoms with van der Waals surface area (Å²) in [5.74, 6) is 0.0150. The summed E-state index contributed by atoms with van der Waals surface area (Å²) >= 11 is 0. The first-order valence-electron chi connectivity index (χ1n) is 5.14. The maximum atomic E-state index is 11.4. The Balaban J connectivity index is 2.42. The second kappa shape index (κ2) is 6.14. The molecule has 4 heteroatoms. The van der Waals surface area contributed by atoms with Crippen molar-refractivity contribution in [3.63, 3.8) is 0 Å². The van der Waals surface area contributed by atoms with Crippen molar-refractivity contribution < 1.29 is 4.79 Å². The molecule has 1 amide bonds. The summed E-state index contributed by atoms with van der Waals surface area (Å²) in [4.78, 5) is 15.3. The Morgan fingerprint density at radius 3 is 2.73 bits per heavy atom. The van der Waals surface area contributed by atoms with Gasteiger partial charge in [-0.1, -0.05) is 6.92 Å². The van der Waals surface area contributed by atoms with E-state index in [4.69, 9.17) is 0 Å². The van der Waals surface area contributed by atoms with E-state index in [1.54, 1.807) is 12.4 Å². The van der Waals surface area contributed by atoms with Crippen molar-refractivity contribution in [3.8, 4) is 0 Å². The molecule has 4 nitrogen and oxygen atoms in total. The molecule has 1 aromatic rings. The van der Waals surface area contributed by atoms with E-state index >= 15 is 0 Å². The van der Waals surface area contributed by atoms with Crippen LogP contribution in [-0.4, -0.2) is 24.0 Å². The Bertz CT molecular complexity index is 300. The minimum absolute atomic E-state index is 0.0150. The van der Waals surface area contributed by atoms with Crippen molar-refractivity contribution in [1.29, 1.82) is 0 Å². The number of aromatic nitrogens is 1. The third kappa shape index (κ3) is 4.08. The number of carbonyl (C=O) groups excluding carboxylic acids is 1. The van der Waals surface area contributed by atoms with E-state index in [9.17, 15) is 4.79 Å². The highest BCUT2D eigenvalue weighted by molar-refractivity contribution is 5.78. The minimum Gasteiger partial charge on any atom is -0.348 e. The van der Waals surface area contributed by atoms with Crippen LogP contribution >= 0.6 is 0 Å². The van der Waals surface area contributed by atoms with Crippen molar-refractivity contribution in [2.24, 2.45) is 0 Å². The first kappa shape index (κ1) is 11.7. The molecule has 0 saturated heterocycles. The average Bonchev–Trinajstić information content (AvgIpc) is 2.27. The average molecular weight is 207 g/mol. The number of nitrogens with zero attached hydrogens (tertiary/aromatic N) is 1. The number of pyridine rings is 1. The molecule has 1 heterocycles. The molecule has 0 aliphatic heterocycles. The molecule has 0 fully saturated rings. The van der Waals surface area contributed by atoms with Gasteiger partial charge in [0.1, 0.15) is 0 Å². The molecule has 15 heavy (non-hydrogen) atoms. The third-order valence-corrected chi connectivity index (χ3v) is 2.12. The number of rotatable bonds is 5. The van der Waals surface area contributed by atoms with Crippen LogP contribution in [0.25, 0.3) is 0 Å². The lowest BCUT2D eigenvalue weighted by Crippen LogP contribution is -2.35. The normalized spacial score (nSPS) is 12.1. The van der Waals surface area contributed by atoms with Gasteiger partial charge in [-0.2, -0.15) is 0 Å². The number of likely N-dealkylation sites (N-methyl/N-ethyl adjacent to an activating group) is 1. The summed E-state index contributed by atoms with van der Waals surface area (Å²) < 4.78 is 0. The first-order chi connectivity index (χ1) is 7.24.